The van der Waals surface area contributed by atoms with Crippen LogP contribution in [-0.2, 0) is 18.0 Å². The highest BCUT2D eigenvalue weighted by Gasteiger charge is 2.25. The van der Waals surface area contributed by atoms with Crippen molar-refractivity contribution in [3.63, 3.8) is 0 Å². The molecule has 0 unspecified atom stereocenters. The first-order chi connectivity index (χ1) is 14.6. The van der Waals surface area contributed by atoms with E-state index < -0.39 is 4.92 Å². The number of rotatable bonds is 7. The third-order valence-electron chi connectivity index (χ3n) is 4.99. The van der Waals surface area contributed by atoms with Crippen LogP contribution in [0, 0.1) is 10.1 Å². The predicted molar refractivity (Wildman–Crippen MR) is 112 cm³/mol. The minimum Gasteiger partial charge on any atom is -0.291 e. The molecule has 1 aromatic heterocycles. The maximum atomic E-state index is 11.4. The Hall–Kier alpha value is -3.43. The van der Waals surface area contributed by atoms with E-state index in [1.54, 1.807) is 12.1 Å². The van der Waals surface area contributed by atoms with E-state index in [1.165, 1.54) is 6.07 Å². The monoisotopic (exact) mass is 406 g/mol. The topological polar surface area (TPSA) is 98.7 Å². The van der Waals surface area contributed by atoms with Gasteiger partial charge in [-0.05, 0) is 6.07 Å². The van der Waals surface area contributed by atoms with Crippen LogP contribution < -0.4 is 0 Å². The molecule has 0 N–H and O–H groups in total. The van der Waals surface area contributed by atoms with E-state index >= 15 is 0 Å². The van der Waals surface area contributed by atoms with Crippen molar-refractivity contribution in [2.24, 2.45) is 4.99 Å². The third kappa shape index (κ3) is 3.72. The number of nitrogens with zero attached hydrogens (tertiary/aromatic N) is 6. The molecule has 2 aromatic carbocycles. The molecule has 154 valence electrons. The maximum Gasteiger partial charge on any atom is 0.270 e. The van der Waals surface area contributed by atoms with Crippen LogP contribution in [0.4, 0.5) is 5.69 Å². The van der Waals surface area contributed by atoms with Crippen molar-refractivity contribution in [1.82, 2.24) is 19.8 Å². The molecule has 0 amide bonds. The maximum absolute atomic E-state index is 11.4. The number of fused-ring (bicyclic) bond motifs is 3. The molecular weight excluding hydrogens is 384 g/mol. The van der Waals surface area contributed by atoms with Crippen molar-refractivity contribution in [3.8, 4) is 5.69 Å². The highest BCUT2D eigenvalue weighted by atomic mass is 16.7. The van der Waals surface area contributed by atoms with E-state index in [0.717, 1.165) is 24.3 Å². The summed E-state index contributed by atoms with van der Waals surface area (Å²) in [6.07, 6.45) is 0. The summed E-state index contributed by atoms with van der Waals surface area (Å²) in [7, 11) is 0. The largest absolute Gasteiger partial charge is 0.291 e. The van der Waals surface area contributed by atoms with Crippen LogP contribution in [-0.4, -0.2) is 43.6 Å². The highest BCUT2D eigenvalue weighted by Crippen LogP contribution is 2.29. The molecule has 2 heterocycles. The fourth-order valence-electron chi connectivity index (χ4n) is 3.48. The van der Waals surface area contributed by atoms with Gasteiger partial charge in [0, 0.05) is 36.3 Å². The Bertz CT molecular complexity index is 1090. The summed E-state index contributed by atoms with van der Waals surface area (Å²) in [4.78, 5) is 21.6. The zero-order valence-electron chi connectivity index (χ0n) is 16.9. The Labute approximate surface area is 173 Å². The number of nitro benzene ring substituents is 1. The number of non-ortho nitro benzene ring substituents is 1. The van der Waals surface area contributed by atoms with Crippen LogP contribution in [0.3, 0.4) is 0 Å². The van der Waals surface area contributed by atoms with Gasteiger partial charge in [-0.2, -0.15) is 5.06 Å². The van der Waals surface area contributed by atoms with Gasteiger partial charge < -0.3 is 0 Å². The molecule has 9 heteroatoms. The quantitative estimate of drug-likeness (QED) is 0.441. The average molecular weight is 406 g/mol. The Morgan fingerprint density at radius 3 is 2.60 bits per heavy atom. The van der Waals surface area contributed by atoms with E-state index in [2.05, 4.69) is 10.2 Å². The first kappa shape index (κ1) is 19.9. The van der Waals surface area contributed by atoms with Crippen molar-refractivity contribution in [3.05, 3.63) is 81.4 Å². The molecule has 1 aliphatic rings. The Balaban J connectivity index is 1.83. The van der Waals surface area contributed by atoms with Gasteiger partial charge in [-0.1, -0.05) is 44.2 Å². The summed E-state index contributed by atoms with van der Waals surface area (Å²) in [6.45, 7) is 6.09. The summed E-state index contributed by atoms with van der Waals surface area (Å²) in [6, 6.07) is 14.4. The van der Waals surface area contributed by atoms with Crippen molar-refractivity contribution in [2.75, 3.05) is 13.1 Å². The number of hydrogen-bond acceptors (Lipinski definition) is 7. The average Bonchev–Trinajstić information content (AvgIpc) is 3.10. The summed E-state index contributed by atoms with van der Waals surface area (Å²) < 4.78 is 1.89. The van der Waals surface area contributed by atoms with Crippen LogP contribution in [0.25, 0.3) is 5.69 Å². The molecule has 0 fully saturated rings. The summed E-state index contributed by atoms with van der Waals surface area (Å²) in [5, 5.41) is 21.9. The first-order valence-electron chi connectivity index (χ1n) is 9.82. The molecule has 1 aliphatic heterocycles. The molecule has 3 aromatic rings. The van der Waals surface area contributed by atoms with Crippen molar-refractivity contribution >= 4 is 11.4 Å². The molecule has 0 aliphatic carbocycles. The number of aromatic nitrogens is 3. The Kier molecular flexibility index (Phi) is 5.64. The van der Waals surface area contributed by atoms with Gasteiger partial charge in [0.05, 0.1) is 16.3 Å². The predicted octanol–water partition coefficient (Wildman–Crippen LogP) is 3.30. The van der Waals surface area contributed by atoms with Gasteiger partial charge in [0.1, 0.15) is 13.2 Å². The fraction of sp³-hybridized carbons (Fsp3) is 0.286. The molecule has 0 saturated heterocycles. The molecule has 0 bridgehead atoms. The van der Waals surface area contributed by atoms with Gasteiger partial charge in [-0.25, -0.2) is 0 Å². The van der Waals surface area contributed by atoms with E-state index in [4.69, 9.17) is 9.83 Å². The van der Waals surface area contributed by atoms with Crippen molar-refractivity contribution in [1.29, 1.82) is 0 Å². The molecule has 0 saturated carbocycles. The van der Waals surface area contributed by atoms with Crippen molar-refractivity contribution < 1.29 is 9.76 Å². The van der Waals surface area contributed by atoms with E-state index in [0.29, 0.717) is 29.5 Å². The van der Waals surface area contributed by atoms with Crippen LogP contribution in [0.5, 0.6) is 0 Å². The lowest BCUT2D eigenvalue weighted by Crippen LogP contribution is -2.24. The van der Waals surface area contributed by atoms with Crippen LogP contribution in [0.15, 0.2) is 53.5 Å². The second-order valence-corrected chi connectivity index (χ2v) is 6.74. The SMILES string of the molecule is CCN(CC)OCc1nnc2n1-c1ccc([N+](=O)[O-])cc1C(c1ccccc1)=NC2. The van der Waals surface area contributed by atoms with Gasteiger partial charge in [-0.3, -0.25) is 24.5 Å². The molecule has 0 radical (unpaired) electrons. The normalized spacial score (nSPS) is 12.8. The number of hydroxylamine groups is 2. The fourth-order valence-corrected chi connectivity index (χ4v) is 3.48. The van der Waals surface area contributed by atoms with Gasteiger partial charge in [0.2, 0.25) is 0 Å². The number of aliphatic imine (C=N–C) groups is 1. The first-order valence-corrected chi connectivity index (χ1v) is 9.82. The lowest BCUT2D eigenvalue weighted by Gasteiger charge is -2.18. The number of benzene rings is 2. The lowest BCUT2D eigenvalue weighted by atomic mass is 10.00. The zero-order chi connectivity index (χ0) is 21.1. The number of nitro groups is 1. The summed E-state index contributed by atoms with van der Waals surface area (Å²) in [5.74, 6) is 1.28. The van der Waals surface area contributed by atoms with Crippen LogP contribution in [0.1, 0.15) is 36.6 Å². The summed E-state index contributed by atoms with van der Waals surface area (Å²) >= 11 is 0. The highest BCUT2D eigenvalue weighted by molar-refractivity contribution is 6.15. The third-order valence-corrected chi connectivity index (χ3v) is 4.99. The van der Waals surface area contributed by atoms with Crippen LogP contribution in [0.2, 0.25) is 0 Å². The standard InChI is InChI=1S/C21H22N6O3/c1-3-25(4-2)30-14-20-24-23-19-13-22-21(15-8-6-5-7-9-15)17-12-16(27(28)29)10-11-18(17)26(19)20/h5-12H,3-4,13-14H2,1-2H3. The second-order valence-electron chi connectivity index (χ2n) is 6.74. The van der Waals surface area contributed by atoms with Gasteiger partial charge in [0.25, 0.3) is 5.69 Å². The second kappa shape index (κ2) is 8.52. The molecule has 9 nitrogen and oxygen atoms in total. The smallest absolute Gasteiger partial charge is 0.270 e. The minimum absolute atomic E-state index is 0.00912. The Morgan fingerprint density at radius 1 is 1.13 bits per heavy atom. The molecule has 4 rings (SSSR count). The van der Waals surface area contributed by atoms with E-state index in [9.17, 15) is 10.1 Å². The van der Waals surface area contributed by atoms with Crippen LogP contribution >= 0.6 is 0 Å². The van der Waals surface area contributed by atoms with Gasteiger partial charge in [0.15, 0.2) is 11.6 Å². The minimum atomic E-state index is -0.398. The zero-order valence-corrected chi connectivity index (χ0v) is 16.9. The van der Waals surface area contributed by atoms with E-state index in [-0.39, 0.29) is 12.3 Å². The summed E-state index contributed by atoms with van der Waals surface area (Å²) in [5.41, 5.74) is 3.00. The Morgan fingerprint density at radius 2 is 1.90 bits per heavy atom. The van der Waals surface area contributed by atoms with Gasteiger partial charge in [-0.15, -0.1) is 10.2 Å². The van der Waals surface area contributed by atoms with E-state index in [1.807, 2.05) is 53.8 Å². The lowest BCUT2D eigenvalue weighted by molar-refractivity contribution is -0.384. The molecule has 0 atom stereocenters. The molecular formula is C21H22N6O3. The van der Waals surface area contributed by atoms with Crippen molar-refractivity contribution in [2.45, 2.75) is 27.0 Å². The number of hydrogen-bond donors (Lipinski definition) is 0. The van der Waals surface area contributed by atoms with Gasteiger partial charge >= 0.3 is 0 Å². The molecule has 30 heavy (non-hydrogen) atoms. The molecule has 0 spiro atoms.